The molecule has 0 unspecified atom stereocenters. The van der Waals surface area contributed by atoms with Crippen molar-refractivity contribution < 1.29 is 42.0 Å². The number of amidine groups is 1. The van der Waals surface area contributed by atoms with Crippen molar-refractivity contribution in [3.63, 3.8) is 0 Å². The summed E-state index contributed by atoms with van der Waals surface area (Å²) < 4.78 is 37.9. The molecule has 1 aromatic carbocycles. The van der Waals surface area contributed by atoms with Gasteiger partial charge in [-0.2, -0.15) is 4.31 Å². The van der Waals surface area contributed by atoms with Gasteiger partial charge in [0.25, 0.3) is 5.69 Å². The summed E-state index contributed by atoms with van der Waals surface area (Å²) in [6.07, 6.45) is 0.192. The molecule has 1 rings (SSSR count). The Bertz CT molecular complexity index is 1380. The van der Waals surface area contributed by atoms with E-state index < -0.39 is 86.4 Å². The molecule has 0 radical (unpaired) electrons. The molecule has 0 saturated heterocycles. The number of ether oxygens (including phenoxy) is 2. The number of likely N-dealkylation sites (N-methyl/N-ethyl adjacent to an activating group) is 1. The number of carbonyl (C=O) groups excluding carboxylic acids is 4. The minimum atomic E-state index is -4.52. The summed E-state index contributed by atoms with van der Waals surface area (Å²) in [5.41, 5.74) is 4.23. The van der Waals surface area contributed by atoms with Gasteiger partial charge in [-0.25, -0.2) is 13.2 Å². The first-order chi connectivity index (χ1) is 21.3. The highest BCUT2D eigenvalue weighted by Gasteiger charge is 2.36. The van der Waals surface area contributed by atoms with Gasteiger partial charge in [0.1, 0.15) is 12.1 Å². The average Bonchev–Trinajstić information content (AvgIpc) is 2.96. The number of nitrogens with one attached hydrogen (secondary N) is 1. The molecule has 1 aromatic rings. The highest BCUT2D eigenvalue weighted by molar-refractivity contribution is 7.89. The molecule has 0 bridgehead atoms. The lowest BCUT2D eigenvalue weighted by Gasteiger charge is -2.28. The zero-order valence-electron chi connectivity index (χ0n) is 27.5. The SMILES string of the molecule is CCOC(=O)CN(C)C(=O)[C@@H](CC(=O)[C@H](CCCCC(N)=NC)NC(=O)OC(C)(C)C)CN(C)S(=O)(=O)c1ccccc1[N+](=O)[O-]. The second-order valence-electron chi connectivity index (χ2n) is 11.5. The maximum atomic E-state index is 13.7. The van der Waals surface area contributed by atoms with Crippen molar-refractivity contribution in [2.45, 2.75) is 76.3 Å². The number of sulfonamides is 1. The van der Waals surface area contributed by atoms with Gasteiger partial charge in [-0.05, 0) is 46.6 Å². The van der Waals surface area contributed by atoms with Crippen LogP contribution in [-0.4, -0.2) is 105 Å². The number of nitro benzene ring substituents is 1. The third-order valence-electron chi connectivity index (χ3n) is 6.61. The number of amides is 2. The summed E-state index contributed by atoms with van der Waals surface area (Å²) in [7, 11) is -0.550. The lowest BCUT2D eigenvalue weighted by atomic mass is 9.94. The van der Waals surface area contributed by atoms with Crippen LogP contribution in [0.1, 0.15) is 59.8 Å². The zero-order valence-corrected chi connectivity index (χ0v) is 28.3. The summed E-state index contributed by atoms with van der Waals surface area (Å²) in [5, 5.41) is 14.1. The Morgan fingerprint density at radius 1 is 1.13 bits per heavy atom. The van der Waals surface area contributed by atoms with Crippen LogP contribution in [0.5, 0.6) is 0 Å². The van der Waals surface area contributed by atoms with Gasteiger partial charge in [-0.3, -0.25) is 29.5 Å². The van der Waals surface area contributed by atoms with Crippen LogP contribution in [0.4, 0.5) is 10.5 Å². The molecule has 2 atom stereocenters. The van der Waals surface area contributed by atoms with Gasteiger partial charge in [0, 0.05) is 46.6 Å². The van der Waals surface area contributed by atoms with Gasteiger partial charge < -0.3 is 25.4 Å². The number of nitrogens with zero attached hydrogens (tertiary/aromatic N) is 4. The van der Waals surface area contributed by atoms with Crippen LogP contribution in [0.3, 0.4) is 0 Å². The first-order valence-corrected chi connectivity index (χ1v) is 16.1. The Morgan fingerprint density at radius 3 is 2.33 bits per heavy atom. The molecule has 0 aromatic heterocycles. The summed E-state index contributed by atoms with van der Waals surface area (Å²) in [4.78, 5) is 67.0. The Hall–Kier alpha value is -4.12. The maximum absolute atomic E-state index is 13.7. The first kappa shape index (κ1) is 39.9. The van der Waals surface area contributed by atoms with Crippen LogP contribution in [-0.2, 0) is 33.9 Å². The normalized spacial score (nSPS) is 13.4. The molecule has 0 fully saturated rings. The van der Waals surface area contributed by atoms with E-state index in [-0.39, 0.29) is 13.0 Å². The van der Waals surface area contributed by atoms with E-state index >= 15 is 0 Å². The van der Waals surface area contributed by atoms with E-state index in [0.29, 0.717) is 25.1 Å². The summed E-state index contributed by atoms with van der Waals surface area (Å²) in [6.45, 7) is 5.55. The second-order valence-corrected chi connectivity index (χ2v) is 13.5. The number of esters is 1. The van der Waals surface area contributed by atoms with Crippen molar-refractivity contribution in [1.82, 2.24) is 14.5 Å². The molecule has 16 nitrogen and oxygen atoms in total. The van der Waals surface area contributed by atoms with Crippen molar-refractivity contribution in [3.8, 4) is 0 Å². The summed E-state index contributed by atoms with van der Waals surface area (Å²) >= 11 is 0. The molecule has 0 spiro atoms. The number of nitro groups is 1. The number of rotatable bonds is 18. The minimum Gasteiger partial charge on any atom is -0.465 e. The maximum Gasteiger partial charge on any atom is 0.408 e. The quantitative estimate of drug-likeness (QED) is 0.0576. The Morgan fingerprint density at radius 2 is 1.76 bits per heavy atom. The lowest BCUT2D eigenvalue weighted by molar-refractivity contribution is -0.387. The van der Waals surface area contributed by atoms with Crippen molar-refractivity contribution in [2.75, 3.05) is 40.8 Å². The van der Waals surface area contributed by atoms with Gasteiger partial charge in [-0.15, -0.1) is 0 Å². The van der Waals surface area contributed by atoms with Crippen molar-refractivity contribution in [2.24, 2.45) is 16.6 Å². The molecule has 0 aliphatic rings. The smallest absolute Gasteiger partial charge is 0.408 e. The van der Waals surface area contributed by atoms with E-state index in [1.54, 1.807) is 34.7 Å². The number of benzene rings is 1. The number of carbonyl (C=O) groups is 4. The van der Waals surface area contributed by atoms with Crippen molar-refractivity contribution in [1.29, 1.82) is 0 Å². The molecule has 17 heteroatoms. The van der Waals surface area contributed by atoms with Gasteiger partial charge in [-0.1, -0.05) is 18.6 Å². The number of hydrogen-bond acceptors (Lipinski definition) is 11. The van der Waals surface area contributed by atoms with E-state index in [1.165, 1.54) is 19.2 Å². The second kappa shape index (κ2) is 18.1. The van der Waals surface area contributed by atoms with Crippen LogP contribution in [0.15, 0.2) is 34.2 Å². The van der Waals surface area contributed by atoms with E-state index in [0.717, 1.165) is 28.4 Å². The highest BCUT2D eigenvalue weighted by atomic mass is 32.2. The van der Waals surface area contributed by atoms with Crippen LogP contribution in [0, 0.1) is 16.0 Å². The van der Waals surface area contributed by atoms with Gasteiger partial charge >= 0.3 is 12.1 Å². The Balaban J connectivity index is 3.41. The van der Waals surface area contributed by atoms with Crippen LogP contribution < -0.4 is 11.1 Å². The molecule has 2 amide bonds. The fraction of sp³-hybridized carbons (Fsp3) is 0.621. The number of nitrogens with two attached hydrogens (primary N) is 1. The van der Waals surface area contributed by atoms with Gasteiger partial charge in [0.15, 0.2) is 10.7 Å². The molecule has 0 aliphatic heterocycles. The third-order valence-corrected chi connectivity index (χ3v) is 8.49. The van der Waals surface area contributed by atoms with Crippen molar-refractivity contribution >= 4 is 45.3 Å². The lowest BCUT2D eigenvalue weighted by Crippen LogP contribution is -2.47. The predicted molar refractivity (Wildman–Crippen MR) is 169 cm³/mol. The van der Waals surface area contributed by atoms with E-state index in [2.05, 4.69) is 10.3 Å². The monoisotopic (exact) mass is 670 g/mol. The van der Waals surface area contributed by atoms with Crippen LogP contribution in [0.25, 0.3) is 0 Å². The fourth-order valence-electron chi connectivity index (χ4n) is 4.34. The van der Waals surface area contributed by atoms with E-state index in [9.17, 15) is 37.7 Å². The number of hydrogen-bond donors (Lipinski definition) is 2. The number of unbranched alkanes of at least 4 members (excludes halogenated alkanes) is 1. The molecule has 46 heavy (non-hydrogen) atoms. The van der Waals surface area contributed by atoms with E-state index in [4.69, 9.17) is 15.2 Å². The highest BCUT2D eigenvalue weighted by Crippen LogP contribution is 2.27. The number of alkyl carbamates (subject to hydrolysis) is 1. The third kappa shape index (κ3) is 13.1. The first-order valence-electron chi connectivity index (χ1n) is 14.7. The zero-order chi connectivity index (χ0) is 35.2. The van der Waals surface area contributed by atoms with Gasteiger partial charge in [0.2, 0.25) is 15.9 Å². The van der Waals surface area contributed by atoms with Crippen LogP contribution in [0.2, 0.25) is 0 Å². The van der Waals surface area contributed by atoms with Crippen LogP contribution >= 0.6 is 0 Å². The topological polar surface area (TPSA) is 221 Å². The molecule has 3 N–H and O–H groups in total. The molecular formula is C29H46N6O10S. The Labute approximate surface area is 269 Å². The molecule has 0 aliphatic carbocycles. The minimum absolute atomic E-state index is 0.0629. The molecule has 258 valence electrons. The fourth-order valence-corrected chi connectivity index (χ4v) is 5.71. The van der Waals surface area contributed by atoms with Crippen molar-refractivity contribution in [3.05, 3.63) is 34.4 Å². The summed E-state index contributed by atoms with van der Waals surface area (Å²) in [5.74, 6) is -3.00. The standard InChI is InChI=1S/C29H46N6O10S/c1-8-44-26(37)19-33(6)27(38)20(18-34(7)46(42,43)24-15-11-10-14-22(24)35(40)41)17-23(36)21(13-9-12-16-25(30)31-5)32-28(39)45-29(2,3)4/h10-11,14-15,20-21H,8-9,12-13,16-19H2,1-7H3,(H2,30,31)(H,32,39)/t20-,21-/m0/s1. The molecule has 0 saturated carbocycles. The number of para-hydroxylation sites is 1. The number of aliphatic imine (C=N–C) groups is 1. The number of ketones is 1. The largest absolute Gasteiger partial charge is 0.465 e. The average molecular weight is 671 g/mol. The predicted octanol–water partition coefficient (Wildman–Crippen LogP) is 2.25. The van der Waals surface area contributed by atoms with E-state index in [1.807, 2.05) is 0 Å². The van der Waals surface area contributed by atoms with Gasteiger partial charge in [0.05, 0.1) is 29.3 Å². The number of Topliss-reactive ketones (excluding diaryl/α,β-unsaturated/α-hetero) is 1. The summed E-state index contributed by atoms with van der Waals surface area (Å²) in [6, 6.07) is 3.62. The molecule has 0 heterocycles. The Kier molecular flexibility index (Phi) is 15.7. The molecular weight excluding hydrogens is 624 g/mol.